The number of aliphatic imine (C=N–C) groups is 2. The first-order chi connectivity index (χ1) is 9.31. The number of rotatable bonds is 4. The van der Waals surface area contributed by atoms with Crippen LogP contribution in [0.5, 0.6) is 0 Å². The molecular formula is C15H18N2O2. The molecule has 2 aliphatic rings. The van der Waals surface area contributed by atoms with Crippen LogP contribution in [0, 0.1) is 11.8 Å². The summed E-state index contributed by atoms with van der Waals surface area (Å²) in [7, 11) is 0. The number of hydrogen-bond donors (Lipinski definition) is 0. The molecule has 0 saturated heterocycles. The third-order valence-electron chi connectivity index (χ3n) is 4.04. The SMILES string of the molecule is O=C=NC1=CCC(CC2CC=C(N=C=O)CC2)CC1. The summed E-state index contributed by atoms with van der Waals surface area (Å²) >= 11 is 0. The van der Waals surface area contributed by atoms with Crippen molar-refractivity contribution in [3.05, 3.63) is 23.5 Å². The highest BCUT2D eigenvalue weighted by Crippen LogP contribution is 2.34. The van der Waals surface area contributed by atoms with Gasteiger partial charge in [-0.05, 0) is 56.8 Å². The van der Waals surface area contributed by atoms with Crippen molar-refractivity contribution in [3.63, 3.8) is 0 Å². The molecule has 0 aromatic rings. The highest BCUT2D eigenvalue weighted by atomic mass is 16.1. The number of carbonyl (C=O) groups excluding carboxylic acids is 2. The van der Waals surface area contributed by atoms with Gasteiger partial charge in [0.2, 0.25) is 12.2 Å². The van der Waals surface area contributed by atoms with E-state index in [1.54, 1.807) is 12.2 Å². The van der Waals surface area contributed by atoms with Crippen molar-refractivity contribution in [1.82, 2.24) is 0 Å². The van der Waals surface area contributed by atoms with E-state index in [4.69, 9.17) is 0 Å². The van der Waals surface area contributed by atoms with Gasteiger partial charge in [-0.15, -0.1) is 0 Å². The first kappa shape index (κ1) is 13.7. The minimum Gasteiger partial charge on any atom is -0.211 e. The van der Waals surface area contributed by atoms with Gasteiger partial charge in [0, 0.05) is 11.4 Å². The first-order valence-electron chi connectivity index (χ1n) is 6.85. The Labute approximate surface area is 113 Å². The highest BCUT2D eigenvalue weighted by Gasteiger charge is 2.21. The topological polar surface area (TPSA) is 58.9 Å². The van der Waals surface area contributed by atoms with E-state index in [-0.39, 0.29) is 0 Å². The molecule has 0 amide bonds. The van der Waals surface area contributed by atoms with Gasteiger partial charge in [-0.25, -0.2) is 9.59 Å². The highest BCUT2D eigenvalue weighted by molar-refractivity contribution is 5.37. The van der Waals surface area contributed by atoms with E-state index in [9.17, 15) is 9.59 Å². The average Bonchev–Trinajstić information content (AvgIpc) is 2.44. The van der Waals surface area contributed by atoms with Crippen molar-refractivity contribution in [1.29, 1.82) is 0 Å². The molecule has 2 unspecified atom stereocenters. The van der Waals surface area contributed by atoms with Crippen LogP contribution in [-0.4, -0.2) is 12.2 Å². The maximum atomic E-state index is 10.2. The Bertz CT molecular complexity index is 436. The lowest BCUT2D eigenvalue weighted by atomic mass is 9.80. The van der Waals surface area contributed by atoms with Crippen molar-refractivity contribution in [2.75, 3.05) is 0 Å². The predicted molar refractivity (Wildman–Crippen MR) is 71.7 cm³/mol. The van der Waals surface area contributed by atoms with Gasteiger partial charge in [0.25, 0.3) is 0 Å². The summed E-state index contributed by atoms with van der Waals surface area (Å²) in [6.45, 7) is 0. The molecule has 2 aliphatic carbocycles. The van der Waals surface area contributed by atoms with Gasteiger partial charge in [-0.2, -0.15) is 9.98 Å². The van der Waals surface area contributed by atoms with Crippen LogP contribution in [0.1, 0.15) is 44.9 Å². The normalized spacial score (nSPS) is 26.5. The van der Waals surface area contributed by atoms with Gasteiger partial charge in [-0.1, -0.05) is 12.2 Å². The standard InChI is InChI=1S/C15H18N2O2/c18-10-16-14-5-1-12(2-6-14)9-13-3-7-15(8-4-13)17-11-19/h5,7,12-13H,1-4,6,8-9H2. The van der Waals surface area contributed by atoms with Crippen LogP contribution in [0.4, 0.5) is 0 Å². The van der Waals surface area contributed by atoms with Crippen LogP contribution < -0.4 is 0 Å². The van der Waals surface area contributed by atoms with Crippen molar-refractivity contribution in [3.8, 4) is 0 Å². The second-order valence-electron chi connectivity index (χ2n) is 5.31. The quantitative estimate of drug-likeness (QED) is 0.573. The molecule has 0 spiro atoms. The average molecular weight is 258 g/mol. The predicted octanol–water partition coefficient (Wildman–Crippen LogP) is 3.42. The van der Waals surface area contributed by atoms with E-state index < -0.39 is 0 Å². The lowest BCUT2D eigenvalue weighted by Crippen LogP contribution is -2.13. The first-order valence-corrected chi connectivity index (χ1v) is 6.85. The molecule has 19 heavy (non-hydrogen) atoms. The Hall–Kier alpha value is -1.76. The molecule has 0 aromatic carbocycles. The molecule has 4 nitrogen and oxygen atoms in total. The van der Waals surface area contributed by atoms with Gasteiger partial charge < -0.3 is 0 Å². The third kappa shape index (κ3) is 4.13. The van der Waals surface area contributed by atoms with Gasteiger partial charge in [0.1, 0.15) is 0 Å². The minimum atomic E-state index is 0.695. The van der Waals surface area contributed by atoms with Crippen LogP contribution >= 0.6 is 0 Å². The van der Waals surface area contributed by atoms with Crippen molar-refractivity contribution in [2.24, 2.45) is 21.8 Å². The van der Waals surface area contributed by atoms with Crippen LogP contribution in [-0.2, 0) is 9.59 Å². The fourth-order valence-electron chi connectivity index (χ4n) is 2.97. The zero-order chi connectivity index (χ0) is 13.5. The van der Waals surface area contributed by atoms with Crippen LogP contribution in [0.2, 0.25) is 0 Å². The molecule has 2 atom stereocenters. The van der Waals surface area contributed by atoms with Crippen molar-refractivity contribution in [2.45, 2.75) is 44.9 Å². The summed E-state index contributed by atoms with van der Waals surface area (Å²) in [5, 5.41) is 0. The fraction of sp³-hybridized carbons (Fsp3) is 0.600. The van der Waals surface area contributed by atoms with E-state index >= 15 is 0 Å². The zero-order valence-electron chi connectivity index (χ0n) is 11.0. The Balaban J connectivity index is 1.81. The number of hydrogen-bond acceptors (Lipinski definition) is 4. The molecule has 0 heterocycles. The number of isocyanates is 2. The monoisotopic (exact) mass is 258 g/mol. The van der Waals surface area contributed by atoms with E-state index in [0.29, 0.717) is 11.8 Å². The summed E-state index contributed by atoms with van der Waals surface area (Å²) in [4.78, 5) is 27.7. The van der Waals surface area contributed by atoms with E-state index in [0.717, 1.165) is 49.9 Å². The molecule has 0 N–H and O–H groups in total. The summed E-state index contributed by atoms with van der Waals surface area (Å²) < 4.78 is 0. The molecule has 0 radical (unpaired) electrons. The molecule has 0 aromatic heterocycles. The molecular weight excluding hydrogens is 240 g/mol. The molecule has 4 heteroatoms. The Morgan fingerprint density at radius 1 is 0.947 bits per heavy atom. The Kier molecular flexibility index (Phi) is 5.02. The lowest BCUT2D eigenvalue weighted by molar-refractivity contribution is 0.324. The third-order valence-corrected chi connectivity index (χ3v) is 4.04. The second-order valence-corrected chi connectivity index (χ2v) is 5.31. The van der Waals surface area contributed by atoms with Crippen molar-refractivity contribution >= 4 is 12.2 Å². The maximum Gasteiger partial charge on any atom is 0.240 e. The molecule has 2 rings (SSSR count). The molecule has 0 bridgehead atoms. The van der Waals surface area contributed by atoms with Crippen LogP contribution in [0.15, 0.2) is 33.5 Å². The Morgan fingerprint density at radius 3 is 1.74 bits per heavy atom. The van der Waals surface area contributed by atoms with Gasteiger partial charge in [-0.3, -0.25) is 0 Å². The number of nitrogens with zero attached hydrogens (tertiary/aromatic N) is 2. The van der Waals surface area contributed by atoms with Gasteiger partial charge in [0.15, 0.2) is 0 Å². The molecule has 0 fully saturated rings. The summed E-state index contributed by atoms with van der Waals surface area (Å²) in [5.74, 6) is 1.39. The molecule has 0 saturated carbocycles. The van der Waals surface area contributed by atoms with Crippen LogP contribution in [0.3, 0.4) is 0 Å². The van der Waals surface area contributed by atoms with E-state index in [1.165, 1.54) is 6.42 Å². The molecule has 0 aliphatic heterocycles. The van der Waals surface area contributed by atoms with E-state index in [2.05, 4.69) is 22.1 Å². The van der Waals surface area contributed by atoms with Crippen LogP contribution in [0.25, 0.3) is 0 Å². The fourth-order valence-corrected chi connectivity index (χ4v) is 2.97. The zero-order valence-corrected chi connectivity index (χ0v) is 11.0. The second kappa shape index (κ2) is 6.98. The van der Waals surface area contributed by atoms with E-state index in [1.807, 2.05) is 0 Å². The lowest BCUT2D eigenvalue weighted by Gasteiger charge is -2.26. The summed E-state index contributed by atoms with van der Waals surface area (Å²) in [6.07, 6.45) is 14.6. The number of allylic oxidation sites excluding steroid dienone is 4. The molecule has 100 valence electrons. The summed E-state index contributed by atoms with van der Waals surface area (Å²) in [6, 6.07) is 0. The van der Waals surface area contributed by atoms with Gasteiger partial charge in [0.05, 0.1) is 0 Å². The minimum absolute atomic E-state index is 0.695. The van der Waals surface area contributed by atoms with Crippen molar-refractivity contribution < 1.29 is 9.59 Å². The summed E-state index contributed by atoms with van der Waals surface area (Å²) in [5.41, 5.74) is 1.77. The van der Waals surface area contributed by atoms with Gasteiger partial charge >= 0.3 is 0 Å². The Morgan fingerprint density at radius 2 is 1.42 bits per heavy atom. The largest absolute Gasteiger partial charge is 0.240 e. The maximum absolute atomic E-state index is 10.2. The smallest absolute Gasteiger partial charge is 0.211 e.